The third-order valence-electron chi connectivity index (χ3n) is 9.73. The zero-order chi connectivity index (χ0) is 40.5. The molecule has 4 N–H and O–H groups in total. The van der Waals surface area contributed by atoms with Gasteiger partial charge >= 0.3 is 19.8 Å². The Kier molecular flexibility index (Phi) is 39.5. The molecule has 3 atom stereocenters. The molecular formula is C44H84NO9P. The molecule has 55 heavy (non-hydrogen) atoms. The monoisotopic (exact) mass is 802 g/mol. The van der Waals surface area contributed by atoms with Gasteiger partial charge in [-0.05, 0) is 44.9 Å². The van der Waals surface area contributed by atoms with Crippen LogP contribution < -0.4 is 5.73 Å². The van der Waals surface area contributed by atoms with E-state index in [9.17, 15) is 19.0 Å². The predicted molar refractivity (Wildman–Crippen MR) is 226 cm³/mol. The van der Waals surface area contributed by atoms with Crippen molar-refractivity contribution in [2.75, 3.05) is 26.4 Å². The number of hydrogen-bond acceptors (Lipinski definition) is 8. The van der Waals surface area contributed by atoms with Crippen LogP contribution in [0.2, 0.25) is 0 Å². The van der Waals surface area contributed by atoms with Gasteiger partial charge in [0.2, 0.25) is 0 Å². The maximum Gasteiger partial charge on any atom is 0.472 e. The van der Waals surface area contributed by atoms with Gasteiger partial charge in [-0.25, -0.2) is 4.57 Å². The molecule has 0 aromatic carbocycles. The third kappa shape index (κ3) is 40.4. The molecule has 0 aromatic rings. The van der Waals surface area contributed by atoms with Gasteiger partial charge in [0, 0.05) is 13.0 Å². The Bertz CT molecular complexity index is 977. The lowest BCUT2D eigenvalue weighted by Gasteiger charge is -2.20. The number of hydrogen-bond donors (Lipinski definition) is 3. The highest BCUT2D eigenvalue weighted by molar-refractivity contribution is 7.47. The summed E-state index contributed by atoms with van der Waals surface area (Å²) in [7, 11) is -4.61. The Labute approximate surface area is 336 Å². The van der Waals surface area contributed by atoms with E-state index in [1.54, 1.807) is 0 Å². The van der Waals surface area contributed by atoms with Gasteiger partial charge in [-0.3, -0.25) is 18.6 Å². The summed E-state index contributed by atoms with van der Waals surface area (Å²) in [6, 6.07) is -1.47. The number of ether oxygens (including phenoxy) is 2. The van der Waals surface area contributed by atoms with E-state index < -0.39 is 45.1 Å². The number of carboxylic acid groups (broad SMARTS) is 1. The predicted octanol–water partition coefficient (Wildman–Crippen LogP) is 12.3. The molecule has 0 aliphatic rings. The van der Waals surface area contributed by atoms with Crippen molar-refractivity contribution in [1.82, 2.24) is 0 Å². The first-order chi connectivity index (χ1) is 26.7. The van der Waals surface area contributed by atoms with Crippen LogP contribution in [0.25, 0.3) is 0 Å². The molecule has 0 saturated heterocycles. The van der Waals surface area contributed by atoms with Crippen molar-refractivity contribution in [3.05, 3.63) is 24.3 Å². The normalized spacial score (nSPS) is 14.1. The molecule has 0 aliphatic heterocycles. The van der Waals surface area contributed by atoms with Crippen LogP contribution in [0, 0.1) is 0 Å². The first kappa shape index (κ1) is 53.5. The highest BCUT2D eigenvalue weighted by Crippen LogP contribution is 2.43. The quantitative estimate of drug-likeness (QED) is 0.0235. The van der Waals surface area contributed by atoms with Gasteiger partial charge in [0.1, 0.15) is 12.1 Å². The van der Waals surface area contributed by atoms with Gasteiger partial charge in [-0.1, -0.05) is 179 Å². The minimum Gasteiger partial charge on any atom is -0.480 e. The topological polar surface area (TPSA) is 155 Å². The first-order valence-corrected chi connectivity index (χ1v) is 23.9. The fraction of sp³-hybridized carbons (Fsp3) is 0.864. The summed E-state index contributed by atoms with van der Waals surface area (Å²) in [5.41, 5.74) is 5.35. The van der Waals surface area contributed by atoms with E-state index in [4.69, 9.17) is 29.4 Å². The summed E-state index contributed by atoms with van der Waals surface area (Å²) in [5.74, 6) is -1.77. The number of carbonyl (C=O) groups excluding carboxylic acids is 1. The second-order valence-electron chi connectivity index (χ2n) is 15.2. The number of aliphatic carboxylic acids is 1. The van der Waals surface area contributed by atoms with Gasteiger partial charge in [0.15, 0.2) is 0 Å². The lowest BCUT2D eigenvalue weighted by Crippen LogP contribution is -2.34. The van der Waals surface area contributed by atoms with Gasteiger partial charge < -0.3 is 25.2 Å². The lowest BCUT2D eigenvalue weighted by atomic mass is 10.0. The molecule has 0 aromatic heterocycles. The highest BCUT2D eigenvalue weighted by Gasteiger charge is 2.27. The molecule has 0 spiro atoms. The number of carbonyl (C=O) groups is 2. The number of phosphoric acid groups is 1. The first-order valence-electron chi connectivity index (χ1n) is 22.4. The number of rotatable bonds is 43. The van der Waals surface area contributed by atoms with Crippen LogP contribution in [0.3, 0.4) is 0 Å². The van der Waals surface area contributed by atoms with Gasteiger partial charge in [0.05, 0.1) is 19.8 Å². The second-order valence-corrected chi connectivity index (χ2v) is 16.6. The van der Waals surface area contributed by atoms with Crippen LogP contribution in [-0.4, -0.2) is 60.5 Å². The maximum absolute atomic E-state index is 12.6. The Morgan fingerprint density at radius 3 is 1.47 bits per heavy atom. The van der Waals surface area contributed by atoms with Crippen LogP contribution in [0.15, 0.2) is 24.3 Å². The zero-order valence-corrected chi connectivity index (χ0v) is 36.2. The second kappa shape index (κ2) is 40.6. The number of carboxylic acids is 1. The Morgan fingerprint density at radius 1 is 0.582 bits per heavy atom. The molecule has 324 valence electrons. The average molecular weight is 802 g/mol. The molecule has 11 heteroatoms. The number of unbranched alkanes of at least 4 members (excludes halogenated alkanes) is 25. The maximum atomic E-state index is 12.6. The molecule has 10 nitrogen and oxygen atoms in total. The molecule has 0 fully saturated rings. The number of phosphoric ester groups is 1. The molecule has 3 unspecified atom stereocenters. The fourth-order valence-corrected chi connectivity index (χ4v) is 7.00. The van der Waals surface area contributed by atoms with E-state index >= 15 is 0 Å². The standard InChI is InChI=1S/C44H84NO9P/c1-3-5-7-9-11-13-15-16-17-18-19-20-21-22-23-24-25-26-27-28-30-32-34-36-43(46)54-41(39-52-55(49,50)53-40-42(45)44(47)48)38-51-37-35-33-31-29-14-12-10-8-6-4-2/h15-16,18-19,41-42H,3-14,17,20-40,45H2,1-2H3,(H,47,48)(H,49,50)/b16-15-,19-18-. The van der Waals surface area contributed by atoms with E-state index in [0.29, 0.717) is 13.0 Å². The molecule has 0 saturated carbocycles. The van der Waals surface area contributed by atoms with Crippen molar-refractivity contribution in [3.8, 4) is 0 Å². The average Bonchev–Trinajstić information content (AvgIpc) is 3.16. The van der Waals surface area contributed by atoms with Gasteiger partial charge in [0.25, 0.3) is 0 Å². The van der Waals surface area contributed by atoms with Crippen LogP contribution in [0.5, 0.6) is 0 Å². The van der Waals surface area contributed by atoms with E-state index in [2.05, 4.69) is 38.2 Å². The minimum atomic E-state index is -4.61. The number of esters is 1. The molecule has 0 rings (SSSR count). The minimum absolute atomic E-state index is 0.0199. The van der Waals surface area contributed by atoms with Crippen molar-refractivity contribution < 1.29 is 42.7 Å². The summed E-state index contributed by atoms with van der Waals surface area (Å²) in [5, 5.41) is 8.88. The fourth-order valence-electron chi connectivity index (χ4n) is 6.22. The lowest BCUT2D eigenvalue weighted by molar-refractivity contribution is -0.154. The van der Waals surface area contributed by atoms with E-state index in [-0.39, 0.29) is 13.0 Å². The van der Waals surface area contributed by atoms with Crippen molar-refractivity contribution in [2.24, 2.45) is 5.73 Å². The zero-order valence-electron chi connectivity index (χ0n) is 35.3. The van der Waals surface area contributed by atoms with Crippen molar-refractivity contribution in [3.63, 3.8) is 0 Å². The van der Waals surface area contributed by atoms with Crippen LogP contribution in [0.4, 0.5) is 0 Å². The van der Waals surface area contributed by atoms with E-state index in [0.717, 1.165) is 44.9 Å². The van der Waals surface area contributed by atoms with Gasteiger partial charge in [-0.2, -0.15) is 0 Å². The molecule has 0 aliphatic carbocycles. The summed E-state index contributed by atoms with van der Waals surface area (Å²) < 4.78 is 33.3. The van der Waals surface area contributed by atoms with E-state index in [1.807, 2.05) is 0 Å². The van der Waals surface area contributed by atoms with Crippen LogP contribution >= 0.6 is 7.82 Å². The third-order valence-corrected chi connectivity index (χ3v) is 10.7. The Balaban J connectivity index is 4.10. The highest BCUT2D eigenvalue weighted by atomic mass is 31.2. The van der Waals surface area contributed by atoms with Crippen molar-refractivity contribution >= 4 is 19.8 Å². The van der Waals surface area contributed by atoms with Crippen molar-refractivity contribution in [2.45, 2.75) is 219 Å². The Hall–Kier alpha value is -1.55. The smallest absolute Gasteiger partial charge is 0.472 e. The Morgan fingerprint density at radius 2 is 1.00 bits per heavy atom. The number of allylic oxidation sites excluding steroid dienone is 4. The largest absolute Gasteiger partial charge is 0.480 e. The molecule has 0 radical (unpaired) electrons. The summed E-state index contributed by atoms with van der Waals surface area (Å²) in [6.45, 7) is 3.88. The van der Waals surface area contributed by atoms with Crippen LogP contribution in [0.1, 0.15) is 206 Å². The summed E-state index contributed by atoms with van der Waals surface area (Å²) >= 11 is 0. The molecule has 0 bridgehead atoms. The number of nitrogens with two attached hydrogens (primary N) is 1. The molecule has 0 amide bonds. The van der Waals surface area contributed by atoms with Crippen LogP contribution in [-0.2, 0) is 32.7 Å². The SMILES string of the molecule is CCCCCCC/C=C\C/C=C\CCCCCCCCCCCCCC(=O)OC(COCCCCCCCCCCCC)COP(=O)(O)OCC(N)C(=O)O. The summed E-state index contributed by atoms with van der Waals surface area (Å²) in [6.07, 6.45) is 43.8. The molecular weight excluding hydrogens is 717 g/mol. The van der Waals surface area contributed by atoms with Gasteiger partial charge in [-0.15, -0.1) is 0 Å². The molecule has 0 heterocycles. The van der Waals surface area contributed by atoms with Crippen molar-refractivity contribution in [1.29, 1.82) is 0 Å². The summed E-state index contributed by atoms with van der Waals surface area (Å²) in [4.78, 5) is 33.5. The van der Waals surface area contributed by atoms with E-state index in [1.165, 1.54) is 135 Å².